The van der Waals surface area contributed by atoms with Crippen LogP contribution < -0.4 is 14.8 Å². The molecule has 0 radical (unpaired) electrons. The summed E-state index contributed by atoms with van der Waals surface area (Å²) in [5.41, 5.74) is 3.50. The van der Waals surface area contributed by atoms with Gasteiger partial charge in [-0.1, -0.05) is 18.2 Å². The second-order valence-corrected chi connectivity index (χ2v) is 7.41. The molecule has 2 aromatic carbocycles. The van der Waals surface area contributed by atoms with Gasteiger partial charge in [0.25, 0.3) is 0 Å². The number of anilines is 1. The summed E-state index contributed by atoms with van der Waals surface area (Å²) in [6.07, 6.45) is 3.55. The first kappa shape index (κ1) is 22.2. The zero-order chi connectivity index (χ0) is 22.2. The fourth-order valence-electron chi connectivity index (χ4n) is 3.14. The first-order chi connectivity index (χ1) is 15.0. The lowest BCUT2D eigenvalue weighted by atomic mass is 10.1. The largest absolute Gasteiger partial charge is 0.497 e. The van der Waals surface area contributed by atoms with Crippen LogP contribution in [0.4, 0.5) is 10.5 Å². The van der Waals surface area contributed by atoms with Gasteiger partial charge in [-0.2, -0.15) is 5.10 Å². The number of rotatable bonds is 9. The quantitative estimate of drug-likeness (QED) is 0.549. The minimum atomic E-state index is -0.195. The standard InChI is InChI=1S/C23H29N5O3/c1-27(2)10-11-28(16-17-6-5-7-20(12-17)30-3)23(29)26-21-9-8-18(13-22(21)31-4)19-14-24-25-15-19/h5-9,12-15H,10-11,16H2,1-4H3,(H,24,25)(H,26,29). The van der Waals surface area contributed by atoms with Gasteiger partial charge in [-0.15, -0.1) is 0 Å². The molecule has 0 aliphatic rings. The van der Waals surface area contributed by atoms with Crippen LogP contribution in [-0.2, 0) is 6.54 Å². The Morgan fingerprint density at radius 2 is 1.90 bits per heavy atom. The van der Waals surface area contributed by atoms with Crippen molar-refractivity contribution in [2.45, 2.75) is 6.54 Å². The van der Waals surface area contributed by atoms with E-state index in [-0.39, 0.29) is 6.03 Å². The number of aromatic nitrogens is 2. The second-order valence-electron chi connectivity index (χ2n) is 7.41. The summed E-state index contributed by atoms with van der Waals surface area (Å²) < 4.78 is 10.8. The number of hydrogen-bond donors (Lipinski definition) is 2. The maximum absolute atomic E-state index is 13.2. The van der Waals surface area contributed by atoms with Crippen LogP contribution in [0.25, 0.3) is 11.1 Å². The third-order valence-electron chi connectivity index (χ3n) is 4.89. The molecule has 164 valence electrons. The van der Waals surface area contributed by atoms with Crippen LogP contribution in [0.1, 0.15) is 5.56 Å². The summed E-state index contributed by atoms with van der Waals surface area (Å²) in [4.78, 5) is 17.0. The van der Waals surface area contributed by atoms with E-state index in [1.165, 1.54) is 0 Å². The van der Waals surface area contributed by atoms with Gasteiger partial charge in [0.2, 0.25) is 0 Å². The number of ether oxygens (including phenoxy) is 2. The average molecular weight is 424 g/mol. The predicted molar refractivity (Wildman–Crippen MR) is 122 cm³/mol. The molecule has 8 nitrogen and oxygen atoms in total. The SMILES string of the molecule is COc1cccc(CN(CCN(C)C)C(=O)Nc2ccc(-c3cn[nH]c3)cc2OC)c1. The Balaban J connectivity index is 1.78. The van der Waals surface area contributed by atoms with E-state index in [1.807, 2.05) is 67.7 Å². The molecule has 0 aliphatic heterocycles. The zero-order valence-electron chi connectivity index (χ0n) is 18.4. The van der Waals surface area contributed by atoms with Crippen molar-refractivity contribution in [1.82, 2.24) is 20.0 Å². The lowest BCUT2D eigenvalue weighted by Gasteiger charge is -2.25. The number of nitrogens with zero attached hydrogens (tertiary/aromatic N) is 3. The van der Waals surface area contributed by atoms with E-state index >= 15 is 0 Å². The molecule has 0 bridgehead atoms. The lowest BCUT2D eigenvalue weighted by molar-refractivity contribution is 0.202. The topological polar surface area (TPSA) is 82.7 Å². The molecule has 0 atom stereocenters. The Labute approximate surface area is 182 Å². The normalized spacial score (nSPS) is 10.7. The molecule has 0 unspecified atom stereocenters. The highest BCUT2D eigenvalue weighted by Crippen LogP contribution is 2.30. The van der Waals surface area contributed by atoms with E-state index in [0.29, 0.717) is 24.5 Å². The zero-order valence-corrected chi connectivity index (χ0v) is 18.4. The molecule has 3 aromatic rings. The number of benzene rings is 2. The molecule has 1 heterocycles. The highest BCUT2D eigenvalue weighted by Gasteiger charge is 2.17. The Kier molecular flexibility index (Phi) is 7.50. The van der Waals surface area contributed by atoms with E-state index < -0.39 is 0 Å². The van der Waals surface area contributed by atoms with E-state index in [0.717, 1.165) is 29.0 Å². The number of aromatic amines is 1. The van der Waals surface area contributed by atoms with Crippen LogP contribution in [0.5, 0.6) is 11.5 Å². The molecule has 2 amide bonds. The summed E-state index contributed by atoms with van der Waals surface area (Å²) in [6, 6.07) is 13.2. The van der Waals surface area contributed by atoms with Crippen molar-refractivity contribution in [2.24, 2.45) is 0 Å². The molecular formula is C23H29N5O3. The molecule has 0 fully saturated rings. The third kappa shape index (κ3) is 5.99. The van der Waals surface area contributed by atoms with Gasteiger partial charge in [0.1, 0.15) is 11.5 Å². The molecule has 0 spiro atoms. The minimum Gasteiger partial charge on any atom is -0.497 e. The fourth-order valence-corrected chi connectivity index (χ4v) is 3.14. The van der Waals surface area contributed by atoms with Crippen LogP contribution in [-0.4, -0.2) is 67.4 Å². The summed E-state index contributed by atoms with van der Waals surface area (Å²) in [6.45, 7) is 1.78. The van der Waals surface area contributed by atoms with Crippen molar-refractivity contribution >= 4 is 11.7 Å². The van der Waals surface area contributed by atoms with Gasteiger partial charge in [0, 0.05) is 31.4 Å². The highest BCUT2D eigenvalue weighted by molar-refractivity contribution is 5.91. The first-order valence-electron chi connectivity index (χ1n) is 10.0. The van der Waals surface area contributed by atoms with Crippen LogP contribution in [0, 0.1) is 0 Å². The Morgan fingerprint density at radius 1 is 1.06 bits per heavy atom. The molecule has 1 aromatic heterocycles. The summed E-state index contributed by atoms with van der Waals surface area (Å²) in [7, 11) is 7.19. The van der Waals surface area contributed by atoms with Gasteiger partial charge in [-0.25, -0.2) is 4.79 Å². The summed E-state index contributed by atoms with van der Waals surface area (Å²) in [5, 5.41) is 9.78. The average Bonchev–Trinajstić information content (AvgIpc) is 3.31. The number of nitrogens with one attached hydrogen (secondary N) is 2. The lowest BCUT2D eigenvalue weighted by Crippen LogP contribution is -2.39. The van der Waals surface area contributed by atoms with Gasteiger partial charge < -0.3 is 24.6 Å². The number of methoxy groups -OCH3 is 2. The number of amides is 2. The van der Waals surface area contributed by atoms with E-state index in [4.69, 9.17) is 9.47 Å². The van der Waals surface area contributed by atoms with Crippen LogP contribution in [0.2, 0.25) is 0 Å². The van der Waals surface area contributed by atoms with Crippen molar-refractivity contribution in [3.63, 3.8) is 0 Å². The van der Waals surface area contributed by atoms with Gasteiger partial charge >= 0.3 is 6.03 Å². The molecule has 8 heteroatoms. The number of likely N-dealkylation sites (N-methyl/N-ethyl adjacent to an activating group) is 1. The van der Waals surface area contributed by atoms with Gasteiger partial charge in [0.15, 0.2) is 0 Å². The molecule has 0 aliphatic carbocycles. The third-order valence-corrected chi connectivity index (χ3v) is 4.89. The smallest absolute Gasteiger partial charge is 0.322 e. The van der Waals surface area contributed by atoms with Crippen LogP contribution in [0.3, 0.4) is 0 Å². The molecule has 3 rings (SSSR count). The van der Waals surface area contributed by atoms with Crippen LogP contribution >= 0.6 is 0 Å². The van der Waals surface area contributed by atoms with Gasteiger partial charge in [0.05, 0.1) is 26.1 Å². The van der Waals surface area contributed by atoms with Crippen molar-refractivity contribution < 1.29 is 14.3 Å². The highest BCUT2D eigenvalue weighted by atomic mass is 16.5. The molecule has 31 heavy (non-hydrogen) atoms. The Hall–Kier alpha value is -3.52. The monoisotopic (exact) mass is 423 g/mol. The van der Waals surface area contributed by atoms with Crippen molar-refractivity contribution in [1.29, 1.82) is 0 Å². The van der Waals surface area contributed by atoms with Crippen molar-refractivity contribution in [3.05, 3.63) is 60.4 Å². The Bertz CT molecular complexity index is 989. The van der Waals surface area contributed by atoms with E-state index in [1.54, 1.807) is 25.3 Å². The second kappa shape index (κ2) is 10.5. The molecule has 0 saturated carbocycles. The predicted octanol–water partition coefficient (Wildman–Crippen LogP) is 3.69. The number of carbonyl (C=O) groups excluding carboxylic acids is 1. The summed E-state index contributed by atoms with van der Waals surface area (Å²) >= 11 is 0. The first-order valence-corrected chi connectivity index (χ1v) is 10.0. The molecule has 2 N–H and O–H groups in total. The van der Waals surface area contributed by atoms with E-state index in [9.17, 15) is 4.79 Å². The maximum Gasteiger partial charge on any atom is 0.322 e. The molecule has 0 saturated heterocycles. The number of H-pyrrole nitrogens is 1. The number of carbonyl (C=O) groups is 1. The summed E-state index contributed by atoms with van der Waals surface area (Å²) in [5.74, 6) is 1.35. The van der Waals surface area contributed by atoms with Gasteiger partial charge in [-0.05, 0) is 49.5 Å². The van der Waals surface area contributed by atoms with Crippen molar-refractivity contribution in [3.8, 4) is 22.6 Å². The van der Waals surface area contributed by atoms with Gasteiger partial charge in [-0.3, -0.25) is 5.10 Å². The minimum absolute atomic E-state index is 0.195. The molecular weight excluding hydrogens is 394 g/mol. The number of hydrogen-bond acceptors (Lipinski definition) is 5. The maximum atomic E-state index is 13.2. The van der Waals surface area contributed by atoms with E-state index in [2.05, 4.69) is 15.5 Å². The van der Waals surface area contributed by atoms with Crippen LogP contribution in [0.15, 0.2) is 54.9 Å². The van der Waals surface area contributed by atoms with Crippen molar-refractivity contribution in [2.75, 3.05) is 46.7 Å². The number of urea groups is 1. The fraction of sp³-hybridized carbons (Fsp3) is 0.304. The Morgan fingerprint density at radius 3 is 2.58 bits per heavy atom.